The van der Waals surface area contributed by atoms with Crippen LogP contribution < -0.4 is 9.88 Å². The SMILES string of the molecule is NS(=O)(=O)c1cccc(COc2ccc(-c3ccnn3C3CCCCO3)nc2)c1. The largest absolute Gasteiger partial charge is 0.487 e. The molecule has 2 aromatic heterocycles. The molecular formula is C20H22N4O4S. The monoisotopic (exact) mass is 414 g/mol. The van der Waals surface area contributed by atoms with Crippen LogP contribution in [-0.2, 0) is 21.4 Å². The molecular weight excluding hydrogens is 392 g/mol. The number of benzene rings is 1. The van der Waals surface area contributed by atoms with Crippen molar-refractivity contribution < 1.29 is 17.9 Å². The maximum Gasteiger partial charge on any atom is 0.238 e. The highest BCUT2D eigenvalue weighted by atomic mass is 32.2. The van der Waals surface area contributed by atoms with Crippen LogP contribution in [0.4, 0.5) is 0 Å². The van der Waals surface area contributed by atoms with Crippen molar-refractivity contribution in [2.45, 2.75) is 37.0 Å². The van der Waals surface area contributed by atoms with Crippen LogP contribution in [0, 0.1) is 0 Å². The van der Waals surface area contributed by atoms with E-state index in [1.807, 2.05) is 22.9 Å². The van der Waals surface area contributed by atoms with Crippen LogP contribution in [0.25, 0.3) is 11.4 Å². The first-order chi connectivity index (χ1) is 14.0. The van der Waals surface area contributed by atoms with Gasteiger partial charge in [0, 0.05) is 12.8 Å². The first kappa shape index (κ1) is 19.6. The minimum Gasteiger partial charge on any atom is -0.487 e. The molecule has 1 aromatic carbocycles. The fourth-order valence-electron chi connectivity index (χ4n) is 3.26. The highest BCUT2D eigenvalue weighted by molar-refractivity contribution is 7.89. The first-order valence-corrected chi connectivity index (χ1v) is 10.9. The zero-order valence-corrected chi connectivity index (χ0v) is 16.6. The third-order valence-corrected chi connectivity index (χ3v) is 5.64. The second-order valence-corrected chi connectivity index (χ2v) is 8.40. The average molecular weight is 414 g/mol. The lowest BCUT2D eigenvalue weighted by molar-refractivity contribution is -0.0384. The average Bonchev–Trinajstić information content (AvgIpc) is 3.23. The number of ether oxygens (including phenoxy) is 2. The first-order valence-electron chi connectivity index (χ1n) is 9.37. The Labute approximate surface area is 169 Å². The molecule has 1 unspecified atom stereocenters. The van der Waals surface area contributed by atoms with Crippen molar-refractivity contribution in [3.8, 4) is 17.1 Å². The minimum absolute atomic E-state index is 0.0578. The summed E-state index contributed by atoms with van der Waals surface area (Å²) in [6, 6.07) is 12.0. The van der Waals surface area contributed by atoms with Gasteiger partial charge < -0.3 is 9.47 Å². The van der Waals surface area contributed by atoms with Gasteiger partial charge in [-0.05, 0) is 55.2 Å². The van der Waals surface area contributed by atoms with Crippen molar-refractivity contribution in [3.05, 3.63) is 60.4 Å². The van der Waals surface area contributed by atoms with Gasteiger partial charge in [0.2, 0.25) is 10.0 Å². The van der Waals surface area contributed by atoms with Gasteiger partial charge in [0.1, 0.15) is 12.4 Å². The number of primary sulfonamides is 1. The normalized spacial score (nSPS) is 17.2. The molecule has 1 atom stereocenters. The van der Waals surface area contributed by atoms with Crippen molar-refractivity contribution in [2.75, 3.05) is 6.61 Å². The lowest BCUT2D eigenvalue weighted by Crippen LogP contribution is -2.20. The van der Waals surface area contributed by atoms with Crippen LogP contribution >= 0.6 is 0 Å². The molecule has 1 fully saturated rings. The van der Waals surface area contributed by atoms with Crippen LogP contribution in [0.5, 0.6) is 5.75 Å². The Morgan fingerprint density at radius 3 is 2.83 bits per heavy atom. The topological polar surface area (TPSA) is 109 Å². The molecule has 29 heavy (non-hydrogen) atoms. The van der Waals surface area contributed by atoms with Crippen LogP contribution in [0.2, 0.25) is 0 Å². The highest BCUT2D eigenvalue weighted by Gasteiger charge is 2.20. The smallest absolute Gasteiger partial charge is 0.238 e. The van der Waals surface area contributed by atoms with Crippen molar-refractivity contribution in [2.24, 2.45) is 5.14 Å². The van der Waals surface area contributed by atoms with E-state index in [1.165, 1.54) is 12.1 Å². The molecule has 152 valence electrons. The molecule has 3 heterocycles. The van der Waals surface area contributed by atoms with Gasteiger partial charge in [-0.3, -0.25) is 4.98 Å². The van der Waals surface area contributed by atoms with Crippen molar-refractivity contribution in [1.82, 2.24) is 14.8 Å². The number of rotatable bonds is 6. The number of pyridine rings is 1. The van der Waals surface area contributed by atoms with Gasteiger partial charge in [0.25, 0.3) is 0 Å². The number of sulfonamides is 1. The molecule has 2 N–H and O–H groups in total. The summed E-state index contributed by atoms with van der Waals surface area (Å²) in [6.07, 6.45) is 6.47. The van der Waals surface area contributed by atoms with Gasteiger partial charge in [-0.25, -0.2) is 18.2 Å². The second-order valence-electron chi connectivity index (χ2n) is 6.84. The second kappa shape index (κ2) is 8.32. The van der Waals surface area contributed by atoms with E-state index >= 15 is 0 Å². The van der Waals surface area contributed by atoms with E-state index in [2.05, 4.69) is 10.1 Å². The van der Waals surface area contributed by atoms with Crippen molar-refractivity contribution in [1.29, 1.82) is 0 Å². The van der Waals surface area contributed by atoms with E-state index < -0.39 is 10.0 Å². The molecule has 1 aliphatic heterocycles. The third-order valence-electron chi connectivity index (χ3n) is 4.73. The predicted octanol–water partition coefficient (Wildman–Crippen LogP) is 2.87. The maximum atomic E-state index is 11.5. The maximum absolute atomic E-state index is 11.5. The minimum atomic E-state index is -3.74. The van der Waals surface area contributed by atoms with Gasteiger partial charge in [-0.1, -0.05) is 12.1 Å². The summed E-state index contributed by atoms with van der Waals surface area (Å²) in [5, 5.41) is 9.57. The molecule has 0 spiro atoms. The van der Waals surface area contributed by atoms with E-state index in [1.54, 1.807) is 24.5 Å². The van der Waals surface area contributed by atoms with E-state index in [0.717, 1.165) is 37.3 Å². The molecule has 0 saturated carbocycles. The van der Waals surface area contributed by atoms with Crippen LogP contribution in [0.3, 0.4) is 0 Å². The summed E-state index contributed by atoms with van der Waals surface area (Å²) in [5.74, 6) is 0.578. The van der Waals surface area contributed by atoms with E-state index in [4.69, 9.17) is 14.6 Å². The molecule has 9 heteroatoms. The van der Waals surface area contributed by atoms with E-state index in [0.29, 0.717) is 11.3 Å². The summed E-state index contributed by atoms with van der Waals surface area (Å²) in [4.78, 5) is 4.55. The molecule has 0 radical (unpaired) electrons. The molecule has 3 aromatic rings. The number of nitrogens with zero attached hydrogens (tertiary/aromatic N) is 3. The summed E-state index contributed by atoms with van der Waals surface area (Å²) < 4.78 is 36.4. The predicted molar refractivity (Wildman–Crippen MR) is 106 cm³/mol. The molecule has 4 rings (SSSR count). The number of hydrogen-bond acceptors (Lipinski definition) is 6. The Balaban J connectivity index is 1.45. The fourth-order valence-corrected chi connectivity index (χ4v) is 3.84. The molecule has 0 aliphatic carbocycles. The summed E-state index contributed by atoms with van der Waals surface area (Å²) in [7, 11) is -3.74. The molecule has 8 nitrogen and oxygen atoms in total. The lowest BCUT2D eigenvalue weighted by atomic mass is 10.2. The molecule has 1 aliphatic rings. The van der Waals surface area contributed by atoms with Crippen LogP contribution in [-0.4, -0.2) is 29.8 Å². The van der Waals surface area contributed by atoms with Gasteiger partial charge in [-0.15, -0.1) is 0 Å². The standard InChI is InChI=1S/C20H22N4O4S/c21-29(25,26)17-5-3-4-15(12-17)14-28-16-7-8-18(22-13-16)19-9-10-23-24(19)20-6-1-2-11-27-20/h3-5,7-10,12-13,20H,1-2,6,11,14H2,(H2,21,25,26). The Morgan fingerprint density at radius 1 is 1.21 bits per heavy atom. The third kappa shape index (κ3) is 4.64. The summed E-state index contributed by atoms with van der Waals surface area (Å²) in [5.41, 5.74) is 2.37. The zero-order chi connectivity index (χ0) is 20.3. The number of hydrogen-bond donors (Lipinski definition) is 1. The van der Waals surface area contributed by atoms with Gasteiger partial charge >= 0.3 is 0 Å². The van der Waals surface area contributed by atoms with Crippen molar-refractivity contribution in [3.63, 3.8) is 0 Å². The Bertz CT molecular complexity index is 1070. The molecule has 0 bridgehead atoms. The van der Waals surface area contributed by atoms with Crippen LogP contribution in [0.1, 0.15) is 31.1 Å². The van der Waals surface area contributed by atoms with Gasteiger partial charge in [0.15, 0.2) is 6.23 Å². The number of aromatic nitrogens is 3. The fraction of sp³-hybridized carbons (Fsp3) is 0.300. The molecule has 0 amide bonds. The highest BCUT2D eigenvalue weighted by Crippen LogP contribution is 2.28. The Kier molecular flexibility index (Phi) is 5.61. The lowest BCUT2D eigenvalue weighted by Gasteiger charge is -2.24. The van der Waals surface area contributed by atoms with Crippen LogP contribution in [0.15, 0.2) is 59.8 Å². The van der Waals surface area contributed by atoms with Crippen molar-refractivity contribution >= 4 is 10.0 Å². The van der Waals surface area contributed by atoms with Gasteiger partial charge in [-0.2, -0.15) is 5.10 Å². The number of nitrogens with two attached hydrogens (primary N) is 1. The Hall–Kier alpha value is -2.75. The van der Waals surface area contributed by atoms with E-state index in [-0.39, 0.29) is 17.7 Å². The van der Waals surface area contributed by atoms with E-state index in [9.17, 15) is 8.42 Å². The molecule has 1 saturated heterocycles. The van der Waals surface area contributed by atoms with Gasteiger partial charge in [0.05, 0.1) is 22.5 Å². The quantitative estimate of drug-likeness (QED) is 0.664. The summed E-state index contributed by atoms with van der Waals surface area (Å²) in [6.45, 7) is 0.953. The Morgan fingerprint density at radius 2 is 2.10 bits per heavy atom. The zero-order valence-electron chi connectivity index (χ0n) is 15.8. The summed E-state index contributed by atoms with van der Waals surface area (Å²) >= 11 is 0.